The van der Waals surface area contributed by atoms with Gasteiger partial charge in [0.2, 0.25) is 5.91 Å². The van der Waals surface area contributed by atoms with Crippen LogP contribution in [0.3, 0.4) is 0 Å². The molecule has 1 fully saturated rings. The van der Waals surface area contributed by atoms with E-state index in [0.717, 1.165) is 43.3 Å². The molecule has 154 valence electrons. The van der Waals surface area contributed by atoms with E-state index in [0.29, 0.717) is 31.5 Å². The second-order valence-corrected chi connectivity index (χ2v) is 7.88. The number of guanidine groups is 1. The Morgan fingerprint density at radius 1 is 1.34 bits per heavy atom. The number of para-hydroxylation sites is 1. The minimum absolute atomic E-state index is 0.165. The van der Waals surface area contributed by atoms with E-state index in [1.807, 2.05) is 47.9 Å². The minimum Gasteiger partial charge on any atom is -0.357 e. The molecule has 0 aliphatic carbocycles. The molecule has 4 rings (SSSR count). The number of piperidine rings is 1. The van der Waals surface area contributed by atoms with E-state index in [-0.39, 0.29) is 5.91 Å². The van der Waals surface area contributed by atoms with E-state index >= 15 is 0 Å². The van der Waals surface area contributed by atoms with Gasteiger partial charge in [-0.15, -0.1) is 0 Å². The third-order valence-corrected chi connectivity index (χ3v) is 5.97. The number of carbonyl (C=O) groups is 1. The molecule has 7 nitrogen and oxygen atoms in total. The standard InChI is InChI=1S/C22H30N6O/c1-3-24-22(26-11-8-17(2)20(15-26)27-12-9-23-16-27)25-10-13-28-19-7-5-4-6-18(19)14-21(28)29/h4-7,9,12,16-17,20H,3,8,10-11,13-15H2,1-2H3,(H,24,25). The van der Waals surface area contributed by atoms with Gasteiger partial charge in [-0.05, 0) is 30.9 Å². The Hall–Kier alpha value is -2.83. The molecule has 1 saturated heterocycles. The van der Waals surface area contributed by atoms with Crippen LogP contribution in [0.4, 0.5) is 5.69 Å². The van der Waals surface area contributed by atoms with Crippen LogP contribution in [0.15, 0.2) is 48.0 Å². The number of aromatic nitrogens is 2. The number of anilines is 1. The molecular formula is C22H30N6O. The summed E-state index contributed by atoms with van der Waals surface area (Å²) in [7, 11) is 0. The van der Waals surface area contributed by atoms with Crippen molar-refractivity contribution in [2.45, 2.75) is 32.7 Å². The maximum atomic E-state index is 12.4. The number of nitrogens with one attached hydrogen (secondary N) is 1. The molecule has 0 saturated carbocycles. The van der Waals surface area contributed by atoms with Crippen molar-refractivity contribution < 1.29 is 4.79 Å². The lowest BCUT2D eigenvalue weighted by molar-refractivity contribution is -0.117. The smallest absolute Gasteiger partial charge is 0.231 e. The first-order valence-corrected chi connectivity index (χ1v) is 10.6. The van der Waals surface area contributed by atoms with Crippen LogP contribution in [-0.2, 0) is 11.2 Å². The molecule has 2 atom stereocenters. The monoisotopic (exact) mass is 394 g/mol. The molecule has 2 aliphatic heterocycles. The van der Waals surface area contributed by atoms with Gasteiger partial charge in [-0.3, -0.25) is 9.79 Å². The first-order valence-electron chi connectivity index (χ1n) is 10.6. The lowest BCUT2D eigenvalue weighted by Gasteiger charge is -2.39. The molecule has 2 aliphatic rings. The number of fused-ring (bicyclic) bond motifs is 1. The first-order chi connectivity index (χ1) is 14.2. The summed E-state index contributed by atoms with van der Waals surface area (Å²) in [5, 5.41) is 3.44. The van der Waals surface area contributed by atoms with Gasteiger partial charge in [0.25, 0.3) is 0 Å². The van der Waals surface area contributed by atoms with Gasteiger partial charge in [0.1, 0.15) is 0 Å². The highest BCUT2D eigenvalue weighted by molar-refractivity contribution is 6.01. The summed E-state index contributed by atoms with van der Waals surface area (Å²) in [4.78, 5) is 25.7. The zero-order chi connectivity index (χ0) is 20.2. The number of amides is 1. The summed E-state index contributed by atoms with van der Waals surface area (Å²) < 4.78 is 2.21. The van der Waals surface area contributed by atoms with Crippen molar-refractivity contribution in [3.63, 3.8) is 0 Å². The molecule has 2 unspecified atom stereocenters. The molecule has 2 aromatic rings. The number of aliphatic imine (C=N–C) groups is 1. The zero-order valence-electron chi connectivity index (χ0n) is 17.3. The van der Waals surface area contributed by atoms with Gasteiger partial charge >= 0.3 is 0 Å². The SMILES string of the molecule is CCNC(=NCCN1C(=O)Cc2ccccc21)N1CCC(C)C(n2ccnc2)C1. The van der Waals surface area contributed by atoms with Gasteiger partial charge in [0, 0.05) is 44.3 Å². The number of likely N-dealkylation sites (tertiary alicyclic amines) is 1. The van der Waals surface area contributed by atoms with E-state index in [1.165, 1.54) is 0 Å². The second kappa shape index (κ2) is 8.68. The maximum absolute atomic E-state index is 12.4. The van der Waals surface area contributed by atoms with Crippen molar-refractivity contribution in [2.24, 2.45) is 10.9 Å². The van der Waals surface area contributed by atoms with Gasteiger partial charge in [-0.1, -0.05) is 25.1 Å². The number of nitrogens with zero attached hydrogens (tertiary/aromatic N) is 5. The van der Waals surface area contributed by atoms with Gasteiger partial charge in [-0.2, -0.15) is 0 Å². The third kappa shape index (κ3) is 4.13. The number of imidazole rings is 1. The van der Waals surface area contributed by atoms with Gasteiger partial charge in [-0.25, -0.2) is 4.98 Å². The first kappa shape index (κ1) is 19.5. The Kier molecular flexibility index (Phi) is 5.83. The lowest BCUT2D eigenvalue weighted by Crippen LogP contribution is -2.49. The zero-order valence-corrected chi connectivity index (χ0v) is 17.3. The highest BCUT2D eigenvalue weighted by Crippen LogP contribution is 2.29. The molecule has 29 heavy (non-hydrogen) atoms. The molecule has 1 aromatic heterocycles. The molecule has 1 N–H and O–H groups in total. The van der Waals surface area contributed by atoms with E-state index < -0.39 is 0 Å². The summed E-state index contributed by atoms with van der Waals surface area (Å²) in [6.07, 6.45) is 7.41. The summed E-state index contributed by atoms with van der Waals surface area (Å²) in [6, 6.07) is 8.43. The Labute approximate surface area is 172 Å². The quantitative estimate of drug-likeness (QED) is 0.624. The van der Waals surface area contributed by atoms with E-state index in [2.05, 4.69) is 33.6 Å². The number of hydrogen-bond acceptors (Lipinski definition) is 3. The van der Waals surface area contributed by atoms with Gasteiger partial charge in [0.05, 0.1) is 25.3 Å². The van der Waals surface area contributed by atoms with Crippen LogP contribution in [-0.4, -0.2) is 59.0 Å². The molecule has 1 aromatic carbocycles. The summed E-state index contributed by atoms with van der Waals surface area (Å²) in [5.74, 6) is 1.70. The van der Waals surface area contributed by atoms with E-state index in [9.17, 15) is 4.79 Å². The van der Waals surface area contributed by atoms with Gasteiger partial charge < -0.3 is 19.7 Å². The van der Waals surface area contributed by atoms with Crippen LogP contribution in [0, 0.1) is 5.92 Å². The largest absolute Gasteiger partial charge is 0.357 e. The molecule has 0 bridgehead atoms. The van der Waals surface area contributed by atoms with Crippen molar-refractivity contribution in [3.8, 4) is 0 Å². The molecular weight excluding hydrogens is 364 g/mol. The number of benzene rings is 1. The van der Waals surface area contributed by atoms with Crippen LogP contribution in [0.25, 0.3) is 0 Å². The fraction of sp³-hybridized carbons (Fsp3) is 0.500. The molecule has 0 radical (unpaired) electrons. The second-order valence-electron chi connectivity index (χ2n) is 7.88. The highest BCUT2D eigenvalue weighted by Gasteiger charge is 2.29. The predicted molar refractivity (Wildman–Crippen MR) is 115 cm³/mol. The van der Waals surface area contributed by atoms with E-state index in [4.69, 9.17) is 4.99 Å². The lowest BCUT2D eigenvalue weighted by atomic mass is 9.93. The van der Waals surface area contributed by atoms with Crippen LogP contribution >= 0.6 is 0 Å². The average molecular weight is 395 g/mol. The third-order valence-electron chi connectivity index (χ3n) is 5.97. The Balaban J connectivity index is 1.43. The summed E-state index contributed by atoms with van der Waals surface area (Å²) in [5.41, 5.74) is 2.14. The number of carbonyl (C=O) groups excluding carboxylic acids is 1. The van der Waals surface area contributed by atoms with Crippen molar-refractivity contribution in [3.05, 3.63) is 48.5 Å². The molecule has 7 heteroatoms. The van der Waals surface area contributed by atoms with Gasteiger partial charge in [0.15, 0.2) is 5.96 Å². The number of hydrogen-bond donors (Lipinski definition) is 1. The summed E-state index contributed by atoms with van der Waals surface area (Å²) in [6.45, 7) is 8.33. The van der Waals surface area contributed by atoms with Crippen molar-refractivity contribution in [1.29, 1.82) is 0 Å². The topological polar surface area (TPSA) is 65.8 Å². The maximum Gasteiger partial charge on any atom is 0.231 e. The molecule has 0 spiro atoms. The van der Waals surface area contributed by atoms with Crippen LogP contribution in [0.1, 0.15) is 31.9 Å². The fourth-order valence-corrected chi connectivity index (χ4v) is 4.34. The van der Waals surface area contributed by atoms with Crippen molar-refractivity contribution in [2.75, 3.05) is 37.6 Å². The Morgan fingerprint density at radius 2 is 2.21 bits per heavy atom. The normalized spacial score (nSPS) is 22.1. The van der Waals surface area contributed by atoms with Crippen LogP contribution in [0.2, 0.25) is 0 Å². The predicted octanol–water partition coefficient (Wildman–Crippen LogP) is 2.32. The Bertz CT molecular complexity index is 862. The minimum atomic E-state index is 0.165. The Morgan fingerprint density at radius 3 is 3.00 bits per heavy atom. The number of rotatable bonds is 5. The molecule has 1 amide bonds. The molecule has 3 heterocycles. The van der Waals surface area contributed by atoms with E-state index in [1.54, 1.807) is 0 Å². The van der Waals surface area contributed by atoms with Crippen molar-refractivity contribution >= 4 is 17.6 Å². The summed E-state index contributed by atoms with van der Waals surface area (Å²) >= 11 is 0. The highest BCUT2D eigenvalue weighted by atomic mass is 16.2. The fourth-order valence-electron chi connectivity index (χ4n) is 4.34. The van der Waals surface area contributed by atoms with Crippen LogP contribution in [0.5, 0.6) is 0 Å². The average Bonchev–Trinajstić information content (AvgIpc) is 3.36. The van der Waals surface area contributed by atoms with Crippen molar-refractivity contribution in [1.82, 2.24) is 19.8 Å². The van der Waals surface area contributed by atoms with Crippen LogP contribution < -0.4 is 10.2 Å².